The average Bonchev–Trinajstić information content (AvgIpc) is 2.94. The molecular formula is C27H31FN6O7. The number of nitrogens with one attached hydrogen (secondary N) is 4. The average molecular weight is 571 g/mol. The van der Waals surface area contributed by atoms with Crippen LogP contribution < -0.4 is 27.1 Å². The van der Waals surface area contributed by atoms with Gasteiger partial charge in [-0.1, -0.05) is 42.5 Å². The number of benzene rings is 2. The minimum atomic E-state index is -1.21. The van der Waals surface area contributed by atoms with Gasteiger partial charge in [0, 0.05) is 18.7 Å². The molecule has 0 saturated heterocycles. The quantitative estimate of drug-likeness (QED) is 0.177. The molecule has 0 aromatic heterocycles. The lowest BCUT2D eigenvalue weighted by Gasteiger charge is -2.24. The lowest BCUT2D eigenvalue weighted by Crippen LogP contribution is -2.56. The molecule has 0 radical (unpaired) electrons. The second-order valence-electron chi connectivity index (χ2n) is 8.70. The molecule has 2 aromatic rings. The lowest BCUT2D eigenvalue weighted by atomic mass is 10.2. The first-order valence-corrected chi connectivity index (χ1v) is 12.3. The molecule has 13 nitrogen and oxygen atoms in total. The smallest absolute Gasteiger partial charge is 0.408 e. The summed E-state index contributed by atoms with van der Waals surface area (Å²) in [7, 11) is 0. The summed E-state index contributed by atoms with van der Waals surface area (Å²) in [4.78, 5) is 73.0. The Morgan fingerprint density at radius 1 is 0.878 bits per heavy atom. The molecule has 2 atom stereocenters. The van der Waals surface area contributed by atoms with Gasteiger partial charge in [0.2, 0.25) is 17.7 Å². The van der Waals surface area contributed by atoms with Crippen molar-refractivity contribution in [3.63, 3.8) is 0 Å². The number of ether oxygens (including phenoxy) is 1. The highest BCUT2D eigenvalue weighted by Crippen LogP contribution is 2.03. The molecule has 0 saturated carbocycles. The van der Waals surface area contributed by atoms with E-state index in [9.17, 15) is 33.2 Å². The molecule has 0 fully saturated rings. The van der Waals surface area contributed by atoms with E-state index in [4.69, 9.17) is 10.5 Å². The zero-order chi connectivity index (χ0) is 30.4. The van der Waals surface area contributed by atoms with Gasteiger partial charge in [0.25, 0.3) is 11.8 Å². The van der Waals surface area contributed by atoms with E-state index in [-0.39, 0.29) is 13.2 Å². The fourth-order valence-electron chi connectivity index (χ4n) is 3.06. The van der Waals surface area contributed by atoms with Gasteiger partial charge in [-0.15, -0.1) is 0 Å². The van der Waals surface area contributed by atoms with Crippen LogP contribution in [0.4, 0.5) is 9.18 Å². The third-order valence-corrected chi connectivity index (χ3v) is 5.27. The maximum atomic E-state index is 13.0. The Hall–Kier alpha value is -5.27. The summed E-state index contributed by atoms with van der Waals surface area (Å²) in [6, 6.07) is 12.0. The van der Waals surface area contributed by atoms with Crippen LogP contribution in [0, 0.1) is 5.82 Å². The maximum Gasteiger partial charge on any atom is 0.408 e. The number of carbonyl (C=O) groups is 6. The second kappa shape index (κ2) is 16.0. The van der Waals surface area contributed by atoms with Crippen LogP contribution >= 0.6 is 0 Å². The summed E-state index contributed by atoms with van der Waals surface area (Å²) in [6.07, 6.45) is 0.835. The maximum absolute atomic E-state index is 13.0. The van der Waals surface area contributed by atoms with E-state index in [1.807, 2.05) is 6.07 Å². The number of hydrogen-bond donors (Lipinski definition) is 5. The number of hydrazine groups is 1. The molecule has 14 heteroatoms. The number of amides is 6. The number of rotatable bonds is 12. The molecule has 6 N–H and O–H groups in total. The Morgan fingerprint density at radius 2 is 1.51 bits per heavy atom. The molecule has 0 bridgehead atoms. The van der Waals surface area contributed by atoms with E-state index in [1.165, 1.54) is 38.1 Å². The molecule has 0 aliphatic heterocycles. The third kappa shape index (κ3) is 12.0. The number of nitrogens with two attached hydrogens (primary N) is 1. The topological polar surface area (TPSA) is 189 Å². The van der Waals surface area contributed by atoms with Crippen molar-refractivity contribution in [1.29, 1.82) is 0 Å². The van der Waals surface area contributed by atoms with Gasteiger partial charge in [-0.2, -0.15) is 0 Å². The molecule has 0 unspecified atom stereocenters. The Kier molecular flexibility index (Phi) is 12.4. The van der Waals surface area contributed by atoms with Gasteiger partial charge in [0.05, 0.1) is 0 Å². The van der Waals surface area contributed by atoms with Gasteiger partial charge in [0.1, 0.15) is 31.1 Å². The van der Waals surface area contributed by atoms with Crippen LogP contribution in [0.25, 0.3) is 0 Å². The van der Waals surface area contributed by atoms with Crippen LogP contribution in [0.15, 0.2) is 66.7 Å². The molecule has 0 aliphatic rings. The summed E-state index contributed by atoms with van der Waals surface area (Å²) in [6.45, 7) is 2.01. The first-order valence-electron chi connectivity index (χ1n) is 12.3. The highest BCUT2D eigenvalue weighted by atomic mass is 19.1. The first-order chi connectivity index (χ1) is 19.4. The molecule has 41 heavy (non-hydrogen) atoms. The Balaban J connectivity index is 1.85. The van der Waals surface area contributed by atoms with Crippen LogP contribution in [0.3, 0.4) is 0 Å². The Bertz CT molecular complexity index is 1270. The monoisotopic (exact) mass is 570 g/mol. The van der Waals surface area contributed by atoms with Crippen molar-refractivity contribution in [3.05, 3.63) is 83.7 Å². The van der Waals surface area contributed by atoms with Crippen molar-refractivity contribution in [2.24, 2.45) is 5.73 Å². The van der Waals surface area contributed by atoms with Crippen LogP contribution in [-0.2, 0) is 41.9 Å². The van der Waals surface area contributed by atoms with Crippen molar-refractivity contribution in [1.82, 2.24) is 26.4 Å². The number of carbonyl (C=O) groups excluding carboxylic acids is 6. The molecule has 2 aromatic carbocycles. The van der Waals surface area contributed by atoms with Crippen molar-refractivity contribution in [2.75, 3.05) is 6.54 Å². The normalized spacial score (nSPS) is 12.0. The van der Waals surface area contributed by atoms with E-state index in [1.54, 1.807) is 24.3 Å². The van der Waals surface area contributed by atoms with Crippen molar-refractivity contribution < 1.29 is 37.9 Å². The van der Waals surface area contributed by atoms with Gasteiger partial charge in [-0.3, -0.25) is 29.4 Å². The van der Waals surface area contributed by atoms with Crippen molar-refractivity contribution in [3.8, 4) is 0 Å². The van der Waals surface area contributed by atoms with E-state index in [0.717, 1.165) is 17.7 Å². The number of alkyl carbamates (subject to hydrolysis) is 1. The van der Waals surface area contributed by atoms with Crippen molar-refractivity contribution >= 4 is 35.6 Å². The van der Waals surface area contributed by atoms with Crippen LogP contribution in [0.2, 0.25) is 0 Å². The van der Waals surface area contributed by atoms with E-state index < -0.39 is 60.1 Å². The molecule has 0 spiro atoms. The second-order valence-corrected chi connectivity index (χ2v) is 8.70. The Labute approximate surface area is 235 Å². The predicted octanol–water partition coefficient (Wildman–Crippen LogP) is 0.163. The SMILES string of the molecule is C[C@H](NC(=O)OCc1ccccc1)C(=O)N[C@@H](C)C(=O)NN(CC(N)=O)C(=O)/C=C/C(=O)NCc1ccc(F)cc1. The summed E-state index contributed by atoms with van der Waals surface area (Å²) in [5, 5.41) is 7.76. The van der Waals surface area contributed by atoms with Gasteiger partial charge >= 0.3 is 6.09 Å². The predicted molar refractivity (Wildman–Crippen MR) is 143 cm³/mol. The fraction of sp³-hybridized carbons (Fsp3) is 0.259. The zero-order valence-corrected chi connectivity index (χ0v) is 22.4. The molecular weight excluding hydrogens is 539 g/mol. The van der Waals surface area contributed by atoms with E-state index in [0.29, 0.717) is 10.6 Å². The summed E-state index contributed by atoms with van der Waals surface area (Å²) >= 11 is 0. The number of primary amides is 1. The third-order valence-electron chi connectivity index (χ3n) is 5.27. The summed E-state index contributed by atoms with van der Waals surface area (Å²) < 4.78 is 18.0. The van der Waals surface area contributed by atoms with Gasteiger partial charge in [0.15, 0.2) is 0 Å². The summed E-state index contributed by atoms with van der Waals surface area (Å²) in [5.74, 6) is -4.63. The molecule has 218 valence electrons. The highest BCUT2D eigenvalue weighted by Gasteiger charge is 2.24. The largest absolute Gasteiger partial charge is 0.445 e. The first kappa shape index (κ1) is 31.9. The van der Waals surface area contributed by atoms with Crippen LogP contribution in [-0.4, -0.2) is 59.3 Å². The molecule has 0 aliphatic carbocycles. The molecule has 0 heterocycles. The number of nitrogens with zero attached hydrogens (tertiary/aromatic N) is 1. The number of halogens is 1. The molecule has 2 rings (SSSR count). The molecule has 6 amide bonds. The minimum absolute atomic E-state index is 0.00605. The van der Waals surface area contributed by atoms with E-state index >= 15 is 0 Å². The van der Waals surface area contributed by atoms with Crippen LogP contribution in [0.1, 0.15) is 25.0 Å². The van der Waals surface area contributed by atoms with Gasteiger partial charge < -0.3 is 26.4 Å². The van der Waals surface area contributed by atoms with Gasteiger partial charge in [-0.25, -0.2) is 14.2 Å². The zero-order valence-electron chi connectivity index (χ0n) is 22.4. The summed E-state index contributed by atoms with van der Waals surface area (Å²) in [5.41, 5.74) is 8.68. The van der Waals surface area contributed by atoms with E-state index in [2.05, 4.69) is 21.4 Å². The van der Waals surface area contributed by atoms with Crippen molar-refractivity contribution in [2.45, 2.75) is 39.1 Å². The highest BCUT2D eigenvalue weighted by molar-refractivity contribution is 5.99. The minimum Gasteiger partial charge on any atom is -0.445 e. The van der Waals surface area contributed by atoms with Crippen LogP contribution in [0.5, 0.6) is 0 Å². The fourth-order valence-corrected chi connectivity index (χ4v) is 3.06. The standard InChI is InChI=1S/C27H31FN6O7/c1-17(32-27(40)41-16-20-6-4-3-5-7-20)25(38)31-18(2)26(39)33-34(15-22(29)35)24(37)13-12-23(36)30-14-19-8-10-21(28)11-9-19/h3-13,17-18H,14-16H2,1-2H3,(H2,29,35)(H,30,36)(H,31,38)(H,32,40)(H,33,39)/b13-12+/t17-,18-/m0/s1. The lowest BCUT2D eigenvalue weighted by molar-refractivity contribution is -0.142. The van der Waals surface area contributed by atoms with Gasteiger partial charge in [-0.05, 0) is 37.1 Å². The Morgan fingerprint density at radius 3 is 2.15 bits per heavy atom. The number of hydrogen-bond acceptors (Lipinski definition) is 7.